The van der Waals surface area contributed by atoms with Crippen LogP contribution in [0.4, 0.5) is 11.5 Å². The summed E-state index contributed by atoms with van der Waals surface area (Å²) >= 11 is 0. The number of anilines is 2. The third kappa shape index (κ3) is 3.84. The highest BCUT2D eigenvalue weighted by Crippen LogP contribution is 2.42. The monoisotopic (exact) mass is 369 g/mol. The lowest BCUT2D eigenvalue weighted by atomic mass is 10.0. The molecule has 1 atom stereocenters. The number of morpholine rings is 1. The quantitative estimate of drug-likeness (QED) is 0.780. The number of nitrogens with two attached hydrogens (primary N) is 2. The fourth-order valence-electron chi connectivity index (χ4n) is 3.51. The maximum atomic E-state index is 6.51. The second-order valence-electron chi connectivity index (χ2n) is 7.69. The number of nitrogens with zero attached hydrogens (tertiary/aromatic N) is 3. The van der Waals surface area contributed by atoms with Gasteiger partial charge in [-0.1, -0.05) is 0 Å². The van der Waals surface area contributed by atoms with E-state index in [9.17, 15) is 0 Å². The molecule has 4 N–H and O–H groups in total. The molecule has 0 bridgehead atoms. The van der Waals surface area contributed by atoms with Crippen molar-refractivity contribution >= 4 is 11.5 Å². The first kappa shape index (κ1) is 18.0. The SMILES string of the molecule is CC(C)Oc1ccc(N)c(C(N)c2cc(N3CCOC4(CC4)C3)ncn2)c1. The summed E-state index contributed by atoms with van der Waals surface area (Å²) in [5.74, 6) is 1.64. The predicted molar refractivity (Wildman–Crippen MR) is 105 cm³/mol. The Morgan fingerprint density at radius 3 is 2.78 bits per heavy atom. The van der Waals surface area contributed by atoms with E-state index >= 15 is 0 Å². The van der Waals surface area contributed by atoms with Crippen molar-refractivity contribution in [1.29, 1.82) is 0 Å². The summed E-state index contributed by atoms with van der Waals surface area (Å²) in [5, 5.41) is 0. The Bertz CT molecular complexity index is 822. The van der Waals surface area contributed by atoms with E-state index in [4.69, 9.17) is 20.9 Å². The zero-order valence-electron chi connectivity index (χ0n) is 15.9. The highest BCUT2D eigenvalue weighted by atomic mass is 16.5. The zero-order valence-corrected chi connectivity index (χ0v) is 15.9. The first-order chi connectivity index (χ1) is 13.0. The largest absolute Gasteiger partial charge is 0.491 e. The molecule has 1 aliphatic heterocycles. The topological polar surface area (TPSA) is 99.5 Å². The molecule has 1 aliphatic carbocycles. The second kappa shape index (κ2) is 6.98. The minimum absolute atomic E-state index is 0.0401. The molecule has 2 aliphatic rings. The zero-order chi connectivity index (χ0) is 19.0. The molecule has 2 heterocycles. The molecule has 1 spiro atoms. The number of ether oxygens (including phenoxy) is 2. The number of hydrogen-bond donors (Lipinski definition) is 2. The molecule has 1 aromatic heterocycles. The second-order valence-corrected chi connectivity index (χ2v) is 7.69. The average Bonchev–Trinajstić information content (AvgIpc) is 3.41. The van der Waals surface area contributed by atoms with Crippen molar-refractivity contribution in [2.24, 2.45) is 5.73 Å². The van der Waals surface area contributed by atoms with Crippen molar-refractivity contribution < 1.29 is 9.47 Å². The summed E-state index contributed by atoms with van der Waals surface area (Å²) in [4.78, 5) is 11.1. The normalized spacial score (nSPS) is 19.3. The van der Waals surface area contributed by atoms with Crippen molar-refractivity contribution in [3.8, 4) is 5.75 Å². The van der Waals surface area contributed by atoms with Gasteiger partial charge < -0.3 is 25.8 Å². The Kier molecular flexibility index (Phi) is 4.65. The summed E-state index contributed by atoms with van der Waals surface area (Å²) in [5.41, 5.74) is 14.9. The Hall–Kier alpha value is -2.38. The van der Waals surface area contributed by atoms with Crippen LogP contribution in [0, 0.1) is 0 Å². The van der Waals surface area contributed by atoms with Crippen LogP contribution in [-0.4, -0.2) is 41.4 Å². The molecule has 0 amide bonds. The molecule has 1 saturated heterocycles. The molecule has 7 heteroatoms. The van der Waals surface area contributed by atoms with E-state index in [0.29, 0.717) is 5.69 Å². The van der Waals surface area contributed by atoms with Crippen LogP contribution in [-0.2, 0) is 4.74 Å². The van der Waals surface area contributed by atoms with E-state index in [1.807, 2.05) is 38.1 Å². The number of aromatic nitrogens is 2. The van der Waals surface area contributed by atoms with Crippen molar-refractivity contribution in [3.05, 3.63) is 41.9 Å². The third-order valence-corrected chi connectivity index (χ3v) is 5.14. The molecule has 2 fully saturated rings. The van der Waals surface area contributed by atoms with Crippen LogP contribution in [0.25, 0.3) is 0 Å². The first-order valence-electron chi connectivity index (χ1n) is 9.48. The van der Waals surface area contributed by atoms with Crippen molar-refractivity contribution in [1.82, 2.24) is 9.97 Å². The highest BCUT2D eigenvalue weighted by Gasteiger charge is 2.47. The molecule has 144 valence electrons. The Morgan fingerprint density at radius 2 is 2.04 bits per heavy atom. The smallest absolute Gasteiger partial charge is 0.132 e. The van der Waals surface area contributed by atoms with Gasteiger partial charge in [0, 0.05) is 30.4 Å². The van der Waals surface area contributed by atoms with Gasteiger partial charge in [0.2, 0.25) is 0 Å². The third-order valence-electron chi connectivity index (χ3n) is 5.14. The highest BCUT2D eigenvalue weighted by molar-refractivity contribution is 5.54. The van der Waals surface area contributed by atoms with Crippen LogP contribution in [0.2, 0.25) is 0 Å². The van der Waals surface area contributed by atoms with Crippen LogP contribution in [0.5, 0.6) is 5.75 Å². The molecule has 1 aromatic carbocycles. The lowest BCUT2D eigenvalue weighted by Crippen LogP contribution is -2.44. The molecule has 1 saturated carbocycles. The van der Waals surface area contributed by atoms with Gasteiger partial charge in [-0.2, -0.15) is 0 Å². The van der Waals surface area contributed by atoms with Crippen LogP contribution in [0.3, 0.4) is 0 Å². The van der Waals surface area contributed by atoms with Crippen LogP contribution in [0.1, 0.15) is 44.0 Å². The van der Waals surface area contributed by atoms with Gasteiger partial charge in [0.25, 0.3) is 0 Å². The van der Waals surface area contributed by atoms with Crippen LogP contribution >= 0.6 is 0 Å². The number of rotatable bonds is 5. The van der Waals surface area contributed by atoms with Gasteiger partial charge in [0.1, 0.15) is 17.9 Å². The standard InChI is InChI=1S/C20H27N5O2/c1-13(2)27-14-3-4-16(21)15(9-14)19(22)17-10-18(24-12-23-17)25-7-8-26-20(11-25)5-6-20/h3-4,9-10,12-13,19H,5-8,11,21-22H2,1-2H3. The minimum atomic E-state index is -0.446. The van der Waals surface area contributed by atoms with E-state index in [1.165, 1.54) is 0 Å². The van der Waals surface area contributed by atoms with Crippen molar-refractivity contribution in [3.63, 3.8) is 0 Å². The van der Waals surface area contributed by atoms with Gasteiger partial charge in [-0.05, 0) is 44.9 Å². The molecule has 0 radical (unpaired) electrons. The molecule has 27 heavy (non-hydrogen) atoms. The maximum absolute atomic E-state index is 6.51. The van der Waals surface area contributed by atoms with Crippen LogP contribution in [0.15, 0.2) is 30.6 Å². The van der Waals surface area contributed by atoms with Crippen molar-refractivity contribution in [2.45, 2.75) is 44.4 Å². The van der Waals surface area contributed by atoms with E-state index in [0.717, 1.165) is 55.4 Å². The predicted octanol–water partition coefficient (Wildman–Crippen LogP) is 2.26. The maximum Gasteiger partial charge on any atom is 0.132 e. The summed E-state index contributed by atoms with van der Waals surface area (Å²) in [6.45, 7) is 6.40. The van der Waals surface area contributed by atoms with Gasteiger partial charge >= 0.3 is 0 Å². The Balaban J connectivity index is 1.58. The van der Waals surface area contributed by atoms with Gasteiger partial charge in [-0.25, -0.2) is 9.97 Å². The number of benzene rings is 1. The number of hydrogen-bond acceptors (Lipinski definition) is 7. The molecular formula is C20H27N5O2. The minimum Gasteiger partial charge on any atom is -0.491 e. The number of nitrogen functional groups attached to an aromatic ring is 1. The van der Waals surface area contributed by atoms with Crippen LogP contribution < -0.4 is 21.1 Å². The fourth-order valence-corrected chi connectivity index (χ4v) is 3.51. The summed E-state index contributed by atoms with van der Waals surface area (Å²) in [6, 6.07) is 7.10. The van der Waals surface area contributed by atoms with Crippen molar-refractivity contribution in [2.75, 3.05) is 30.3 Å². The molecule has 2 aromatic rings. The molecular weight excluding hydrogens is 342 g/mol. The molecule has 4 rings (SSSR count). The van der Waals surface area contributed by atoms with Gasteiger partial charge in [0.05, 0.1) is 30.0 Å². The lowest BCUT2D eigenvalue weighted by Gasteiger charge is -2.34. The van der Waals surface area contributed by atoms with E-state index in [2.05, 4.69) is 14.9 Å². The van der Waals surface area contributed by atoms with E-state index in [1.54, 1.807) is 6.33 Å². The fraction of sp³-hybridized carbons (Fsp3) is 0.500. The van der Waals surface area contributed by atoms with E-state index in [-0.39, 0.29) is 11.7 Å². The molecule has 1 unspecified atom stereocenters. The van der Waals surface area contributed by atoms with Gasteiger partial charge in [-0.3, -0.25) is 0 Å². The summed E-state index contributed by atoms with van der Waals surface area (Å²) < 4.78 is 11.7. The average molecular weight is 369 g/mol. The molecule has 7 nitrogen and oxygen atoms in total. The van der Waals surface area contributed by atoms with Gasteiger partial charge in [0.15, 0.2) is 0 Å². The Morgan fingerprint density at radius 1 is 1.22 bits per heavy atom. The first-order valence-corrected chi connectivity index (χ1v) is 9.48. The summed E-state index contributed by atoms with van der Waals surface area (Å²) in [7, 11) is 0. The Labute approximate surface area is 159 Å². The van der Waals surface area contributed by atoms with Gasteiger partial charge in [-0.15, -0.1) is 0 Å². The van der Waals surface area contributed by atoms with E-state index < -0.39 is 6.04 Å². The lowest BCUT2D eigenvalue weighted by molar-refractivity contribution is 0.0203. The summed E-state index contributed by atoms with van der Waals surface area (Å²) in [6.07, 6.45) is 3.91.